The van der Waals surface area contributed by atoms with E-state index in [1.807, 2.05) is 38.2 Å². The van der Waals surface area contributed by atoms with E-state index in [1.165, 1.54) is 5.56 Å². The Kier molecular flexibility index (Phi) is 8.45. The maximum absolute atomic E-state index is 14.2. The monoisotopic (exact) mass is 593 g/mol. The maximum Gasteiger partial charge on any atom is 0.336 e. The molecule has 1 fully saturated rings. The van der Waals surface area contributed by atoms with Gasteiger partial charge in [0.2, 0.25) is 0 Å². The standard InChI is InChI=1S/C34H39N7O3/c1-23-7-6-8-24(2)32(23)40-22-27-19-35-30(37-33(27)41(34(40)42)31-12-11-28(43-4)20-36-31)18-26-10-9-25(17-29(26)44-5)21-39-15-13-38(3)14-16-39/h6-12,17,19-20H,13-16,18,21-22H2,1-5H3. The van der Waals surface area contributed by atoms with Gasteiger partial charge in [-0.1, -0.05) is 30.3 Å². The van der Waals surface area contributed by atoms with E-state index in [4.69, 9.17) is 19.4 Å². The number of rotatable bonds is 8. The molecule has 2 aliphatic heterocycles. The first kappa shape index (κ1) is 29.5. The van der Waals surface area contributed by atoms with Crippen LogP contribution in [0.5, 0.6) is 11.5 Å². The lowest BCUT2D eigenvalue weighted by Crippen LogP contribution is -2.46. The van der Waals surface area contributed by atoms with Crippen LogP contribution in [0, 0.1) is 13.8 Å². The van der Waals surface area contributed by atoms with E-state index in [0.29, 0.717) is 36.2 Å². The Morgan fingerprint density at radius 3 is 2.34 bits per heavy atom. The summed E-state index contributed by atoms with van der Waals surface area (Å²) in [6.45, 7) is 9.57. The SMILES string of the molecule is COc1ccc(N2C(=O)N(c3c(C)cccc3C)Cc3cnc(Cc4ccc(CN5CCN(C)CC5)cc4OC)nc32)nc1. The number of piperazine rings is 1. The van der Waals surface area contributed by atoms with E-state index < -0.39 is 0 Å². The van der Waals surface area contributed by atoms with Gasteiger partial charge in [-0.25, -0.2) is 24.6 Å². The highest BCUT2D eigenvalue weighted by molar-refractivity contribution is 6.10. The molecule has 0 spiro atoms. The number of hydrogen-bond donors (Lipinski definition) is 0. The zero-order valence-corrected chi connectivity index (χ0v) is 26.1. The molecule has 0 radical (unpaired) electrons. The number of aromatic nitrogens is 3. The molecule has 0 bridgehead atoms. The van der Waals surface area contributed by atoms with Crippen LogP contribution in [0.4, 0.5) is 22.1 Å². The van der Waals surface area contributed by atoms with Crippen molar-refractivity contribution in [1.82, 2.24) is 24.8 Å². The van der Waals surface area contributed by atoms with E-state index in [1.54, 1.807) is 42.3 Å². The summed E-state index contributed by atoms with van der Waals surface area (Å²) in [5.41, 5.74) is 5.96. The molecular weight excluding hydrogens is 554 g/mol. The highest BCUT2D eigenvalue weighted by Gasteiger charge is 2.36. The van der Waals surface area contributed by atoms with Gasteiger partial charge in [0, 0.05) is 56.5 Å². The summed E-state index contributed by atoms with van der Waals surface area (Å²) in [4.78, 5) is 36.7. The van der Waals surface area contributed by atoms with Crippen LogP contribution in [0.1, 0.15) is 33.6 Å². The van der Waals surface area contributed by atoms with Gasteiger partial charge in [0.05, 0.1) is 32.6 Å². The minimum Gasteiger partial charge on any atom is -0.496 e. The van der Waals surface area contributed by atoms with E-state index in [2.05, 4.69) is 40.0 Å². The number of para-hydroxylation sites is 1. The normalized spacial score (nSPS) is 15.8. The van der Waals surface area contributed by atoms with Gasteiger partial charge in [0.1, 0.15) is 23.1 Å². The molecule has 0 atom stereocenters. The van der Waals surface area contributed by atoms with Crippen molar-refractivity contribution in [2.75, 3.05) is 57.2 Å². The molecule has 2 aliphatic rings. The first-order chi connectivity index (χ1) is 21.3. The highest BCUT2D eigenvalue weighted by atomic mass is 16.5. The zero-order chi connectivity index (χ0) is 30.8. The van der Waals surface area contributed by atoms with Gasteiger partial charge in [-0.15, -0.1) is 0 Å². The maximum atomic E-state index is 14.2. The Labute approximate surface area is 258 Å². The summed E-state index contributed by atoms with van der Waals surface area (Å²) in [5.74, 6) is 3.01. The molecule has 228 valence electrons. The quantitative estimate of drug-likeness (QED) is 0.278. The molecule has 2 amide bonds. The van der Waals surface area contributed by atoms with Crippen molar-refractivity contribution < 1.29 is 14.3 Å². The van der Waals surface area contributed by atoms with Gasteiger partial charge in [-0.3, -0.25) is 9.80 Å². The van der Waals surface area contributed by atoms with E-state index >= 15 is 0 Å². The van der Waals surface area contributed by atoms with Crippen molar-refractivity contribution in [2.45, 2.75) is 33.4 Å². The molecule has 1 saturated heterocycles. The molecule has 2 aromatic heterocycles. The third-order valence-corrected chi connectivity index (χ3v) is 8.45. The first-order valence-corrected chi connectivity index (χ1v) is 14.9. The molecule has 0 unspecified atom stereocenters. The van der Waals surface area contributed by atoms with Gasteiger partial charge in [0.25, 0.3) is 0 Å². The molecule has 2 aromatic carbocycles. The Hall–Kier alpha value is -4.54. The summed E-state index contributed by atoms with van der Waals surface area (Å²) in [6.07, 6.45) is 3.90. The van der Waals surface area contributed by atoms with Gasteiger partial charge in [-0.05, 0) is 55.8 Å². The summed E-state index contributed by atoms with van der Waals surface area (Å²) in [5, 5.41) is 0. The minimum atomic E-state index is -0.219. The van der Waals surface area contributed by atoms with Gasteiger partial charge in [0.15, 0.2) is 5.82 Å². The van der Waals surface area contributed by atoms with Crippen molar-refractivity contribution >= 4 is 23.4 Å². The van der Waals surface area contributed by atoms with Gasteiger partial charge >= 0.3 is 6.03 Å². The third-order valence-electron chi connectivity index (χ3n) is 8.45. The number of urea groups is 1. The lowest BCUT2D eigenvalue weighted by Gasteiger charge is -2.36. The first-order valence-electron chi connectivity index (χ1n) is 14.9. The number of fused-ring (bicyclic) bond motifs is 1. The Morgan fingerprint density at radius 1 is 0.886 bits per heavy atom. The van der Waals surface area contributed by atoms with Crippen LogP contribution >= 0.6 is 0 Å². The Bertz CT molecular complexity index is 1630. The Balaban J connectivity index is 1.32. The number of aryl methyl sites for hydroxylation is 2. The van der Waals surface area contributed by atoms with E-state index in [9.17, 15) is 4.79 Å². The predicted octanol–water partition coefficient (Wildman–Crippen LogP) is 5.12. The lowest BCUT2D eigenvalue weighted by atomic mass is 10.1. The number of ether oxygens (including phenoxy) is 2. The number of anilines is 3. The molecule has 0 saturated carbocycles. The fourth-order valence-corrected chi connectivity index (χ4v) is 5.98. The average molecular weight is 594 g/mol. The number of benzene rings is 2. The van der Waals surface area contributed by atoms with Crippen LogP contribution in [0.2, 0.25) is 0 Å². The molecule has 0 aliphatic carbocycles. The molecule has 10 heteroatoms. The number of carbonyl (C=O) groups excluding carboxylic acids is 1. The van der Waals surface area contributed by atoms with Crippen molar-refractivity contribution in [2.24, 2.45) is 0 Å². The molecule has 4 aromatic rings. The molecule has 10 nitrogen and oxygen atoms in total. The van der Waals surface area contributed by atoms with Crippen molar-refractivity contribution in [3.05, 3.63) is 94.6 Å². The third kappa shape index (κ3) is 5.95. The van der Waals surface area contributed by atoms with Gasteiger partial charge < -0.3 is 14.4 Å². The zero-order valence-electron chi connectivity index (χ0n) is 26.1. The number of nitrogens with zero attached hydrogens (tertiary/aromatic N) is 7. The topological polar surface area (TPSA) is 87.2 Å². The molecule has 0 N–H and O–H groups in total. The number of pyridine rings is 1. The second-order valence-corrected chi connectivity index (χ2v) is 11.5. The van der Waals surface area contributed by atoms with Crippen LogP contribution in [0.15, 0.2) is 60.9 Å². The highest BCUT2D eigenvalue weighted by Crippen LogP contribution is 2.37. The van der Waals surface area contributed by atoms with E-state index in [-0.39, 0.29) is 6.03 Å². The van der Waals surface area contributed by atoms with Crippen molar-refractivity contribution in [1.29, 1.82) is 0 Å². The summed E-state index contributed by atoms with van der Waals surface area (Å²) >= 11 is 0. The van der Waals surface area contributed by atoms with E-state index in [0.717, 1.165) is 66.4 Å². The molecule has 44 heavy (non-hydrogen) atoms. The Morgan fingerprint density at radius 2 is 1.66 bits per heavy atom. The fraction of sp³-hybridized carbons (Fsp3) is 0.353. The predicted molar refractivity (Wildman–Crippen MR) is 171 cm³/mol. The second-order valence-electron chi connectivity index (χ2n) is 11.5. The summed E-state index contributed by atoms with van der Waals surface area (Å²) in [7, 11) is 5.46. The number of hydrogen-bond acceptors (Lipinski definition) is 8. The molecule has 4 heterocycles. The lowest BCUT2D eigenvalue weighted by molar-refractivity contribution is 0.148. The van der Waals surface area contributed by atoms with Crippen LogP contribution in [-0.2, 0) is 19.5 Å². The smallest absolute Gasteiger partial charge is 0.336 e. The minimum absolute atomic E-state index is 0.219. The van der Waals surface area contributed by atoms with Crippen LogP contribution in [0.3, 0.4) is 0 Å². The van der Waals surface area contributed by atoms with Crippen molar-refractivity contribution in [3.8, 4) is 11.5 Å². The second kappa shape index (κ2) is 12.6. The number of methoxy groups -OCH3 is 2. The van der Waals surface area contributed by atoms with Crippen LogP contribution in [-0.4, -0.2) is 78.2 Å². The number of amides is 2. The molecule has 6 rings (SSSR count). The van der Waals surface area contributed by atoms with Crippen LogP contribution < -0.4 is 19.3 Å². The largest absolute Gasteiger partial charge is 0.496 e. The van der Waals surface area contributed by atoms with Crippen LogP contribution in [0.25, 0.3) is 0 Å². The fourth-order valence-electron chi connectivity index (χ4n) is 5.98. The number of likely N-dealkylation sites (N-methyl/N-ethyl adjacent to an activating group) is 1. The van der Waals surface area contributed by atoms with Gasteiger partial charge in [-0.2, -0.15) is 0 Å². The summed E-state index contributed by atoms with van der Waals surface area (Å²) < 4.78 is 11.1. The number of carbonyl (C=O) groups is 1. The summed E-state index contributed by atoms with van der Waals surface area (Å²) in [6, 6.07) is 15.8. The van der Waals surface area contributed by atoms with Crippen molar-refractivity contribution in [3.63, 3.8) is 0 Å². The average Bonchev–Trinajstić information content (AvgIpc) is 3.03. The molecular formula is C34H39N7O3.